The van der Waals surface area contributed by atoms with E-state index in [2.05, 4.69) is 32.9 Å². The lowest BCUT2D eigenvalue weighted by atomic mass is 10.0. The second-order valence-electron chi connectivity index (χ2n) is 16.1. The van der Waals surface area contributed by atoms with Gasteiger partial charge in [0.15, 0.2) is 0 Å². The number of hydrogen-bond acceptors (Lipinski definition) is 8. The highest BCUT2D eigenvalue weighted by atomic mass is 35.5. The number of phenolic OH excluding ortho intramolecular Hbond substituents is 1. The van der Waals surface area contributed by atoms with Crippen LogP contribution >= 0.6 is 23.2 Å². The number of rotatable bonds is 9. The number of carbonyl (C=O) groups excluding carboxylic acids is 2. The van der Waals surface area contributed by atoms with Gasteiger partial charge in [-0.05, 0) is 102 Å². The van der Waals surface area contributed by atoms with E-state index in [-0.39, 0.29) is 24.0 Å². The molecule has 0 bridgehead atoms. The monoisotopic (exact) mass is 903 g/mol. The van der Waals surface area contributed by atoms with Gasteiger partial charge in [0.1, 0.15) is 11.5 Å². The maximum atomic E-state index is 13.2. The van der Waals surface area contributed by atoms with Crippen LogP contribution in [-0.4, -0.2) is 122 Å². The molecule has 13 heteroatoms. The molecule has 6 aromatic carbocycles. The van der Waals surface area contributed by atoms with E-state index < -0.39 is 0 Å². The first-order chi connectivity index (χ1) is 31.2. The van der Waals surface area contributed by atoms with Gasteiger partial charge in [0.05, 0.1) is 16.7 Å². The quantitative estimate of drug-likeness (QED) is 0.108. The molecule has 0 radical (unpaired) electrons. The predicted molar refractivity (Wildman–Crippen MR) is 258 cm³/mol. The Labute approximate surface area is 384 Å². The molecule has 0 atom stereocenters. The maximum absolute atomic E-state index is 13.2. The topological polar surface area (TPSA) is 117 Å². The lowest BCUT2D eigenvalue weighted by molar-refractivity contribution is -0.122. The first-order valence-electron chi connectivity index (χ1n) is 22.0. The fourth-order valence-corrected chi connectivity index (χ4v) is 9.05. The van der Waals surface area contributed by atoms with E-state index in [4.69, 9.17) is 37.8 Å². The summed E-state index contributed by atoms with van der Waals surface area (Å²) in [5.74, 6) is 1.01. The summed E-state index contributed by atoms with van der Waals surface area (Å²) in [6, 6.07) is 39.1. The molecule has 2 N–H and O–H groups in total. The molecular weight excluding hydrogens is 849 g/mol. The molecule has 9 rings (SSSR count). The minimum Gasteiger partial charge on any atom is -0.506 e. The van der Waals surface area contributed by atoms with Crippen molar-refractivity contribution in [3.63, 3.8) is 0 Å². The van der Waals surface area contributed by atoms with E-state index in [1.165, 1.54) is 32.4 Å². The second kappa shape index (κ2) is 22.6. The van der Waals surface area contributed by atoms with Crippen LogP contribution in [0.5, 0.6) is 11.5 Å². The molecule has 3 heterocycles. The van der Waals surface area contributed by atoms with Gasteiger partial charge in [-0.2, -0.15) is 0 Å². The standard InChI is InChI=1S/C29H34ClN3O2.C21H19ClN2O2.CH2O2/c30-27-22-24(12-13-28(27)35-21-7-16-31-14-4-1-5-15-31)32-17-19-33(20-18-32)29(34)26-11-6-9-23-8-2-3-10-25(23)26;22-19-14-16(8-9-20(19)25)23-10-12-24(13-11-23)21(26)18-7-3-5-15-4-1-2-6-17(15)18;2-1-3/h2-3,6,8-13,22H,1,4-5,7,14-21H2;1-9,14,25H,10-13H2;1H,(H,2,3). The third-order valence-electron chi connectivity index (χ3n) is 12.1. The number of anilines is 2. The Hall–Kier alpha value is -6.01. The number of aromatic hydroxyl groups is 1. The fourth-order valence-electron chi connectivity index (χ4n) is 8.65. The molecule has 0 saturated carbocycles. The molecule has 334 valence electrons. The van der Waals surface area contributed by atoms with Crippen molar-refractivity contribution in [1.82, 2.24) is 14.7 Å². The molecular formula is C51H55Cl2N5O6. The van der Waals surface area contributed by atoms with Crippen LogP contribution in [0.3, 0.4) is 0 Å². The summed E-state index contributed by atoms with van der Waals surface area (Å²) in [5, 5.41) is 21.6. The average Bonchev–Trinajstić information content (AvgIpc) is 3.34. The third-order valence-corrected chi connectivity index (χ3v) is 12.7. The van der Waals surface area contributed by atoms with Gasteiger partial charge in [0.25, 0.3) is 18.3 Å². The number of piperidine rings is 1. The van der Waals surface area contributed by atoms with Gasteiger partial charge in [-0.25, -0.2) is 0 Å². The van der Waals surface area contributed by atoms with Crippen LogP contribution in [0.25, 0.3) is 21.5 Å². The van der Waals surface area contributed by atoms with Gasteiger partial charge in [0.2, 0.25) is 0 Å². The minimum atomic E-state index is -0.250. The first kappa shape index (κ1) is 46.0. The number of nitrogens with zero attached hydrogens (tertiary/aromatic N) is 5. The number of ether oxygens (including phenoxy) is 1. The number of fused-ring (bicyclic) bond motifs is 2. The van der Waals surface area contributed by atoms with Crippen molar-refractivity contribution in [2.45, 2.75) is 25.7 Å². The smallest absolute Gasteiger partial charge is 0.290 e. The lowest BCUT2D eigenvalue weighted by Crippen LogP contribution is -2.48. The summed E-state index contributed by atoms with van der Waals surface area (Å²) in [4.78, 5) is 45.5. The molecule has 3 fully saturated rings. The van der Waals surface area contributed by atoms with Crippen molar-refractivity contribution in [2.24, 2.45) is 0 Å². The van der Waals surface area contributed by atoms with Gasteiger partial charge in [-0.3, -0.25) is 14.4 Å². The number of hydrogen-bond donors (Lipinski definition) is 2. The van der Waals surface area contributed by atoms with Gasteiger partial charge < -0.3 is 39.4 Å². The highest BCUT2D eigenvalue weighted by molar-refractivity contribution is 6.32. The predicted octanol–water partition coefficient (Wildman–Crippen LogP) is 9.57. The van der Waals surface area contributed by atoms with Crippen LogP contribution in [-0.2, 0) is 4.79 Å². The summed E-state index contributed by atoms with van der Waals surface area (Å²) >= 11 is 12.6. The molecule has 0 aliphatic carbocycles. The number of halogens is 2. The number of carbonyl (C=O) groups is 3. The van der Waals surface area contributed by atoms with Gasteiger partial charge >= 0.3 is 0 Å². The molecule has 3 aliphatic heterocycles. The average molecular weight is 905 g/mol. The van der Waals surface area contributed by atoms with Crippen LogP contribution in [0.4, 0.5) is 11.4 Å². The zero-order valence-electron chi connectivity index (χ0n) is 36.0. The van der Waals surface area contributed by atoms with E-state index in [0.29, 0.717) is 42.8 Å². The molecule has 6 aromatic rings. The van der Waals surface area contributed by atoms with Crippen molar-refractivity contribution in [2.75, 3.05) is 88.4 Å². The van der Waals surface area contributed by atoms with Crippen molar-refractivity contribution >= 4 is 74.4 Å². The number of benzene rings is 6. The summed E-state index contributed by atoms with van der Waals surface area (Å²) in [6.45, 7) is 9.68. The van der Waals surface area contributed by atoms with Crippen LogP contribution in [0, 0.1) is 0 Å². The van der Waals surface area contributed by atoms with Crippen LogP contribution in [0.1, 0.15) is 46.4 Å². The van der Waals surface area contributed by atoms with Crippen molar-refractivity contribution < 1.29 is 29.3 Å². The third kappa shape index (κ3) is 11.6. The molecule has 11 nitrogen and oxygen atoms in total. The SMILES string of the molecule is O=C(c1cccc2ccccc12)N1CCN(c2ccc(O)c(Cl)c2)CC1.O=C(c1cccc2ccccc12)N1CCN(c2ccc(OCCCN3CCCCC3)c(Cl)c2)CC1.O=CO. The number of phenols is 1. The Morgan fingerprint density at radius 1 is 0.578 bits per heavy atom. The zero-order valence-corrected chi connectivity index (χ0v) is 37.5. The molecule has 3 saturated heterocycles. The van der Waals surface area contributed by atoms with Crippen LogP contribution in [0.2, 0.25) is 10.0 Å². The summed E-state index contributed by atoms with van der Waals surface area (Å²) in [5.41, 5.74) is 3.57. The van der Waals surface area contributed by atoms with Gasteiger partial charge in [-0.15, -0.1) is 0 Å². The Kier molecular flexibility index (Phi) is 16.2. The lowest BCUT2D eigenvalue weighted by Gasteiger charge is -2.36. The highest BCUT2D eigenvalue weighted by Crippen LogP contribution is 2.32. The second-order valence-corrected chi connectivity index (χ2v) is 16.9. The van der Waals surface area contributed by atoms with E-state index in [9.17, 15) is 14.7 Å². The molecule has 2 amide bonds. The minimum absolute atomic E-state index is 0.0742. The van der Waals surface area contributed by atoms with Crippen LogP contribution < -0.4 is 14.5 Å². The Morgan fingerprint density at radius 2 is 1.05 bits per heavy atom. The van der Waals surface area contributed by atoms with Crippen molar-refractivity contribution in [3.05, 3.63) is 142 Å². The summed E-state index contributed by atoms with van der Waals surface area (Å²) in [7, 11) is 0. The summed E-state index contributed by atoms with van der Waals surface area (Å²) < 4.78 is 5.97. The zero-order chi connectivity index (χ0) is 44.8. The maximum Gasteiger partial charge on any atom is 0.290 e. The number of amides is 2. The van der Waals surface area contributed by atoms with Crippen LogP contribution in [0.15, 0.2) is 121 Å². The van der Waals surface area contributed by atoms with E-state index in [0.717, 1.165) is 88.9 Å². The Morgan fingerprint density at radius 3 is 1.55 bits per heavy atom. The molecule has 64 heavy (non-hydrogen) atoms. The van der Waals surface area contributed by atoms with Gasteiger partial charge in [0, 0.05) is 81.4 Å². The largest absolute Gasteiger partial charge is 0.506 e. The molecule has 0 unspecified atom stereocenters. The highest BCUT2D eigenvalue weighted by Gasteiger charge is 2.25. The van der Waals surface area contributed by atoms with Gasteiger partial charge in [-0.1, -0.05) is 102 Å². The number of likely N-dealkylation sites (tertiary alicyclic amines) is 1. The number of piperazine rings is 2. The molecule has 0 spiro atoms. The molecule has 3 aliphatic rings. The van der Waals surface area contributed by atoms with E-state index in [1.54, 1.807) is 12.1 Å². The normalized spacial score (nSPS) is 15.5. The Balaban J connectivity index is 0.000000187. The van der Waals surface area contributed by atoms with Crippen molar-refractivity contribution in [3.8, 4) is 11.5 Å². The Bertz CT molecular complexity index is 2510. The fraction of sp³-hybridized carbons (Fsp3) is 0.314. The molecule has 0 aromatic heterocycles. The number of carboxylic acid groups (broad SMARTS) is 1. The summed E-state index contributed by atoms with van der Waals surface area (Å²) in [6.07, 6.45) is 5.02. The van der Waals surface area contributed by atoms with E-state index in [1.807, 2.05) is 101 Å². The van der Waals surface area contributed by atoms with E-state index >= 15 is 0 Å². The van der Waals surface area contributed by atoms with Crippen molar-refractivity contribution in [1.29, 1.82) is 0 Å². The first-order valence-corrected chi connectivity index (χ1v) is 22.7.